The molecular formula is C22H26N4O4. The number of nitrogens with zero attached hydrogens (tertiary/aromatic N) is 1. The monoisotopic (exact) mass is 410 g/mol. The predicted octanol–water partition coefficient (Wildman–Crippen LogP) is 2.76. The van der Waals surface area contributed by atoms with E-state index >= 15 is 0 Å². The number of benzene rings is 1. The predicted molar refractivity (Wildman–Crippen MR) is 114 cm³/mol. The number of carboxylic acid groups (broad SMARTS) is 1. The Kier molecular flexibility index (Phi) is 6.05. The van der Waals surface area contributed by atoms with E-state index in [2.05, 4.69) is 20.6 Å². The molecule has 0 spiro atoms. The molecule has 3 atom stereocenters. The van der Waals surface area contributed by atoms with Gasteiger partial charge in [-0.2, -0.15) is 0 Å². The highest BCUT2D eigenvalue weighted by Gasteiger charge is 2.29. The summed E-state index contributed by atoms with van der Waals surface area (Å²) in [4.78, 5) is 44.4. The molecule has 0 aliphatic rings. The molecule has 3 aromatic rings. The van der Waals surface area contributed by atoms with Crippen molar-refractivity contribution < 1.29 is 19.5 Å². The lowest BCUT2D eigenvalue weighted by molar-refractivity contribution is -0.141. The summed E-state index contributed by atoms with van der Waals surface area (Å²) in [7, 11) is 0. The van der Waals surface area contributed by atoms with Crippen LogP contribution >= 0.6 is 0 Å². The van der Waals surface area contributed by atoms with Crippen molar-refractivity contribution in [2.24, 2.45) is 5.92 Å². The fourth-order valence-electron chi connectivity index (χ4n) is 3.40. The van der Waals surface area contributed by atoms with Crippen molar-refractivity contribution in [2.45, 2.75) is 46.2 Å². The maximum Gasteiger partial charge on any atom is 0.325 e. The summed E-state index contributed by atoms with van der Waals surface area (Å²) in [5.41, 5.74) is 2.70. The number of carbonyl (C=O) groups excluding carboxylic acids is 2. The van der Waals surface area contributed by atoms with Crippen LogP contribution in [-0.2, 0) is 9.59 Å². The highest BCUT2D eigenvalue weighted by molar-refractivity contribution is 6.10. The molecule has 4 N–H and O–H groups in total. The summed E-state index contributed by atoms with van der Waals surface area (Å²) in [6.07, 6.45) is 0.633. The Bertz CT molecular complexity index is 1120. The lowest BCUT2D eigenvalue weighted by atomic mass is 9.97. The number of hydrogen-bond donors (Lipinski definition) is 4. The van der Waals surface area contributed by atoms with Crippen molar-refractivity contribution in [3.05, 3.63) is 41.7 Å². The first kappa shape index (κ1) is 21.3. The first-order valence-electron chi connectivity index (χ1n) is 9.95. The number of rotatable bonds is 7. The van der Waals surface area contributed by atoms with Gasteiger partial charge < -0.3 is 20.7 Å². The van der Waals surface area contributed by atoms with E-state index in [0.717, 1.165) is 21.8 Å². The molecule has 3 unspecified atom stereocenters. The van der Waals surface area contributed by atoms with Crippen LogP contribution in [0.25, 0.3) is 21.8 Å². The third-order valence-corrected chi connectivity index (χ3v) is 5.42. The molecule has 0 saturated carbocycles. The van der Waals surface area contributed by atoms with Crippen molar-refractivity contribution in [1.82, 2.24) is 20.6 Å². The van der Waals surface area contributed by atoms with Gasteiger partial charge in [0.25, 0.3) is 5.91 Å². The quantitative estimate of drug-likeness (QED) is 0.477. The molecule has 2 amide bonds. The Balaban J connectivity index is 1.91. The maximum atomic E-state index is 13.0. The molecular weight excluding hydrogens is 384 g/mol. The number of aliphatic carboxylic acids is 1. The summed E-state index contributed by atoms with van der Waals surface area (Å²) in [6, 6.07) is 7.58. The van der Waals surface area contributed by atoms with Crippen LogP contribution in [0.5, 0.6) is 0 Å². The molecule has 2 aromatic heterocycles. The van der Waals surface area contributed by atoms with Crippen molar-refractivity contribution in [1.29, 1.82) is 0 Å². The third kappa shape index (κ3) is 4.12. The Labute approximate surface area is 174 Å². The third-order valence-electron chi connectivity index (χ3n) is 5.42. The van der Waals surface area contributed by atoms with E-state index < -0.39 is 29.9 Å². The lowest BCUT2D eigenvalue weighted by Crippen LogP contribution is -2.53. The minimum Gasteiger partial charge on any atom is -0.480 e. The number of aryl methyl sites for hydroxylation is 1. The number of amides is 2. The smallest absolute Gasteiger partial charge is 0.325 e. The summed E-state index contributed by atoms with van der Waals surface area (Å²) in [5, 5.41) is 16.1. The fourth-order valence-corrected chi connectivity index (χ4v) is 3.40. The molecule has 0 bridgehead atoms. The number of carboxylic acids is 1. The molecule has 0 radical (unpaired) electrons. The highest BCUT2D eigenvalue weighted by Crippen LogP contribution is 2.27. The number of carbonyl (C=O) groups is 3. The van der Waals surface area contributed by atoms with Gasteiger partial charge in [0.05, 0.1) is 11.2 Å². The second-order valence-electron chi connectivity index (χ2n) is 7.59. The van der Waals surface area contributed by atoms with Crippen molar-refractivity contribution in [2.75, 3.05) is 0 Å². The zero-order valence-corrected chi connectivity index (χ0v) is 17.4. The van der Waals surface area contributed by atoms with Gasteiger partial charge in [-0.3, -0.25) is 14.4 Å². The van der Waals surface area contributed by atoms with Crippen molar-refractivity contribution in [3.8, 4) is 0 Å². The normalized spacial score (nSPS) is 14.3. The van der Waals surface area contributed by atoms with Gasteiger partial charge >= 0.3 is 5.97 Å². The molecule has 8 nitrogen and oxygen atoms in total. The molecule has 0 fully saturated rings. The molecule has 0 saturated heterocycles. The van der Waals surface area contributed by atoms with E-state index in [1.807, 2.05) is 45.0 Å². The van der Waals surface area contributed by atoms with Crippen molar-refractivity contribution >= 4 is 39.6 Å². The van der Waals surface area contributed by atoms with E-state index in [9.17, 15) is 14.4 Å². The molecule has 1 aromatic carbocycles. The molecule has 3 rings (SSSR count). The second-order valence-corrected chi connectivity index (χ2v) is 7.59. The van der Waals surface area contributed by atoms with Gasteiger partial charge in [-0.1, -0.05) is 38.5 Å². The van der Waals surface area contributed by atoms with E-state index in [1.54, 1.807) is 6.07 Å². The van der Waals surface area contributed by atoms with Gasteiger partial charge in [-0.25, -0.2) is 4.98 Å². The van der Waals surface area contributed by atoms with E-state index in [1.165, 1.54) is 6.92 Å². The van der Waals surface area contributed by atoms with Gasteiger partial charge in [0, 0.05) is 16.3 Å². The molecule has 0 aliphatic heterocycles. The average molecular weight is 410 g/mol. The molecule has 2 heterocycles. The second kappa shape index (κ2) is 8.52. The van der Waals surface area contributed by atoms with Gasteiger partial charge in [-0.05, 0) is 31.9 Å². The minimum absolute atomic E-state index is 0.187. The Morgan fingerprint density at radius 3 is 2.50 bits per heavy atom. The van der Waals surface area contributed by atoms with Crippen LogP contribution < -0.4 is 10.6 Å². The highest BCUT2D eigenvalue weighted by atomic mass is 16.4. The van der Waals surface area contributed by atoms with Crippen LogP contribution in [0.1, 0.15) is 43.4 Å². The number of aromatic amines is 1. The van der Waals surface area contributed by atoms with Gasteiger partial charge in [-0.15, -0.1) is 0 Å². The maximum absolute atomic E-state index is 13.0. The molecule has 30 heavy (non-hydrogen) atoms. The summed E-state index contributed by atoms with van der Waals surface area (Å²) >= 11 is 0. The zero-order valence-electron chi connectivity index (χ0n) is 17.4. The number of H-pyrrole nitrogens is 1. The van der Waals surface area contributed by atoms with Crippen LogP contribution in [-0.4, -0.2) is 44.9 Å². The number of hydrogen-bond acceptors (Lipinski definition) is 4. The summed E-state index contributed by atoms with van der Waals surface area (Å²) in [5.74, 6) is -2.33. The van der Waals surface area contributed by atoms with Crippen LogP contribution in [0, 0.1) is 12.8 Å². The first-order valence-corrected chi connectivity index (χ1v) is 9.95. The first-order chi connectivity index (χ1) is 14.2. The lowest BCUT2D eigenvalue weighted by Gasteiger charge is -2.24. The summed E-state index contributed by atoms with van der Waals surface area (Å²) in [6.45, 7) is 6.93. The number of para-hydroxylation sites is 1. The van der Waals surface area contributed by atoms with E-state index in [4.69, 9.17) is 5.11 Å². The van der Waals surface area contributed by atoms with Crippen molar-refractivity contribution in [3.63, 3.8) is 0 Å². The van der Waals surface area contributed by atoms with E-state index in [0.29, 0.717) is 12.1 Å². The molecule has 8 heteroatoms. The topological polar surface area (TPSA) is 124 Å². The van der Waals surface area contributed by atoms with Crippen LogP contribution in [0.2, 0.25) is 0 Å². The molecule has 0 aliphatic carbocycles. The SMILES string of the molecule is CCC(C)C(NC(=O)c1cc2c([nH]c3ccccc32)c(C)n1)C(=O)NC(C)C(=O)O. The Morgan fingerprint density at radius 2 is 1.83 bits per heavy atom. The number of nitrogens with one attached hydrogen (secondary N) is 3. The average Bonchev–Trinajstić information content (AvgIpc) is 3.10. The number of aromatic nitrogens is 2. The number of fused-ring (bicyclic) bond motifs is 3. The van der Waals surface area contributed by atoms with E-state index in [-0.39, 0.29) is 11.6 Å². The minimum atomic E-state index is -1.14. The Hall–Kier alpha value is -3.42. The van der Waals surface area contributed by atoms with Gasteiger partial charge in [0.15, 0.2) is 0 Å². The largest absolute Gasteiger partial charge is 0.480 e. The number of pyridine rings is 1. The van der Waals surface area contributed by atoms with Gasteiger partial charge in [0.2, 0.25) is 5.91 Å². The summed E-state index contributed by atoms with van der Waals surface area (Å²) < 4.78 is 0. The van der Waals surface area contributed by atoms with Crippen LogP contribution in [0.15, 0.2) is 30.3 Å². The molecule has 158 valence electrons. The fraction of sp³-hybridized carbons (Fsp3) is 0.364. The van der Waals surface area contributed by atoms with Crippen LogP contribution in [0.4, 0.5) is 0 Å². The Morgan fingerprint density at radius 1 is 1.13 bits per heavy atom. The zero-order chi connectivity index (χ0) is 22.0. The standard InChI is InChI=1S/C22H26N4O4/c1-5-11(2)18(21(28)24-13(4)22(29)30)26-20(27)17-10-15-14-8-6-7-9-16(14)25-19(15)12(3)23-17/h6-11,13,18,25H,5H2,1-4H3,(H,24,28)(H,26,27)(H,29,30). The van der Waals surface area contributed by atoms with Crippen LogP contribution in [0.3, 0.4) is 0 Å². The van der Waals surface area contributed by atoms with Gasteiger partial charge in [0.1, 0.15) is 17.8 Å².